The first-order valence-corrected chi connectivity index (χ1v) is 7.01. The van der Waals surface area contributed by atoms with Gasteiger partial charge in [-0.3, -0.25) is 9.59 Å². The highest BCUT2D eigenvalue weighted by atomic mass is 16.3. The fourth-order valence-electron chi connectivity index (χ4n) is 2.74. The van der Waals surface area contributed by atoms with Gasteiger partial charge in [-0.2, -0.15) is 0 Å². The van der Waals surface area contributed by atoms with Crippen molar-refractivity contribution in [2.24, 2.45) is 0 Å². The maximum atomic E-state index is 12.9. The molecule has 0 aliphatic rings. The van der Waals surface area contributed by atoms with Crippen LogP contribution < -0.4 is 10.9 Å². The fourth-order valence-corrected chi connectivity index (χ4v) is 2.74. The zero-order valence-corrected chi connectivity index (χ0v) is 11.9. The van der Waals surface area contributed by atoms with Crippen molar-refractivity contribution >= 4 is 21.7 Å². The number of rotatable bonds is 1. The molecule has 0 saturated heterocycles. The lowest BCUT2D eigenvalue weighted by Crippen LogP contribution is -2.09. The van der Waals surface area contributed by atoms with Crippen LogP contribution in [-0.4, -0.2) is 10.1 Å². The second kappa shape index (κ2) is 4.84. The van der Waals surface area contributed by atoms with E-state index >= 15 is 0 Å². The Hall–Kier alpha value is -3.34. The predicted octanol–water partition coefficient (Wildman–Crippen LogP) is 3.01. The highest BCUT2D eigenvalue weighted by Gasteiger charge is 2.16. The van der Waals surface area contributed by atoms with E-state index in [2.05, 4.69) is 4.98 Å². The number of aromatic amines is 1. The lowest BCUT2D eigenvalue weighted by Gasteiger charge is -2.06. The third-order valence-electron chi connectivity index (χ3n) is 3.87. The molecule has 5 heteroatoms. The van der Waals surface area contributed by atoms with Crippen LogP contribution in [0, 0.1) is 0 Å². The first kappa shape index (κ1) is 13.3. The van der Waals surface area contributed by atoms with Crippen LogP contribution in [0.2, 0.25) is 0 Å². The summed E-state index contributed by atoms with van der Waals surface area (Å²) in [6.07, 6.45) is 2.63. The van der Waals surface area contributed by atoms with Crippen LogP contribution in [0.5, 0.6) is 5.75 Å². The molecule has 0 bridgehead atoms. The van der Waals surface area contributed by atoms with Crippen LogP contribution in [-0.2, 0) is 0 Å². The molecular formula is C18H11NO4. The maximum absolute atomic E-state index is 12.9. The normalized spacial score (nSPS) is 11.1. The van der Waals surface area contributed by atoms with Gasteiger partial charge in [0.1, 0.15) is 11.8 Å². The van der Waals surface area contributed by atoms with Crippen molar-refractivity contribution in [2.75, 3.05) is 0 Å². The monoisotopic (exact) mass is 305 g/mol. The Balaban J connectivity index is 2.16. The number of hydrogen-bond donors (Lipinski definition) is 2. The molecule has 0 atom stereocenters. The standard InChI is InChI=1S/C18H11NO4/c20-13-7-8-19-16(18(13)22)12-9-23-14-6-5-10-3-1-2-4-11(10)15(14)17(12)21/h1-9,22H,(H,19,20). The minimum Gasteiger partial charge on any atom is -0.503 e. The number of nitrogens with one attached hydrogen (secondary N) is 1. The van der Waals surface area contributed by atoms with Gasteiger partial charge >= 0.3 is 0 Å². The van der Waals surface area contributed by atoms with E-state index in [1.165, 1.54) is 18.5 Å². The van der Waals surface area contributed by atoms with Crippen molar-refractivity contribution in [1.82, 2.24) is 4.98 Å². The smallest absolute Gasteiger partial charge is 0.223 e. The summed E-state index contributed by atoms with van der Waals surface area (Å²) in [4.78, 5) is 27.2. The predicted molar refractivity (Wildman–Crippen MR) is 87.7 cm³/mol. The zero-order chi connectivity index (χ0) is 16.0. The van der Waals surface area contributed by atoms with E-state index in [1.807, 2.05) is 30.3 Å². The fraction of sp³-hybridized carbons (Fsp3) is 0. The third kappa shape index (κ3) is 1.94. The van der Waals surface area contributed by atoms with Gasteiger partial charge in [0.05, 0.1) is 16.6 Å². The number of hydrogen-bond acceptors (Lipinski definition) is 4. The summed E-state index contributed by atoms with van der Waals surface area (Å²) in [6, 6.07) is 12.3. The van der Waals surface area contributed by atoms with Crippen LogP contribution in [0.25, 0.3) is 33.0 Å². The summed E-state index contributed by atoms with van der Waals surface area (Å²) in [5, 5.41) is 12.0. The van der Waals surface area contributed by atoms with E-state index in [0.717, 1.165) is 10.8 Å². The Morgan fingerprint density at radius 3 is 2.70 bits per heavy atom. The Kier molecular flexibility index (Phi) is 2.81. The maximum Gasteiger partial charge on any atom is 0.223 e. The van der Waals surface area contributed by atoms with Gasteiger partial charge in [-0.15, -0.1) is 0 Å². The van der Waals surface area contributed by atoms with Gasteiger partial charge in [-0.05, 0) is 16.8 Å². The molecule has 2 aromatic heterocycles. The second-order valence-electron chi connectivity index (χ2n) is 5.20. The van der Waals surface area contributed by atoms with Crippen molar-refractivity contribution in [3.8, 4) is 17.0 Å². The molecule has 112 valence electrons. The Morgan fingerprint density at radius 2 is 1.83 bits per heavy atom. The van der Waals surface area contributed by atoms with Crippen molar-refractivity contribution < 1.29 is 9.52 Å². The van der Waals surface area contributed by atoms with Crippen LogP contribution in [0.1, 0.15) is 0 Å². The van der Waals surface area contributed by atoms with Gasteiger partial charge in [0.2, 0.25) is 10.9 Å². The number of aromatic hydroxyl groups is 1. The van der Waals surface area contributed by atoms with Crippen LogP contribution in [0.4, 0.5) is 0 Å². The highest BCUT2D eigenvalue weighted by Crippen LogP contribution is 2.27. The summed E-state index contributed by atoms with van der Waals surface area (Å²) in [6.45, 7) is 0. The highest BCUT2D eigenvalue weighted by molar-refractivity contribution is 6.06. The summed E-state index contributed by atoms with van der Waals surface area (Å²) in [7, 11) is 0. The molecule has 0 unspecified atom stereocenters. The van der Waals surface area contributed by atoms with E-state index in [-0.39, 0.29) is 16.7 Å². The molecule has 0 aliphatic carbocycles. The Labute approximate surface area is 129 Å². The van der Waals surface area contributed by atoms with Crippen molar-refractivity contribution in [1.29, 1.82) is 0 Å². The average molecular weight is 305 g/mol. The molecule has 0 saturated carbocycles. The summed E-state index contributed by atoms with van der Waals surface area (Å²) >= 11 is 0. The van der Waals surface area contributed by atoms with E-state index in [9.17, 15) is 14.7 Å². The van der Waals surface area contributed by atoms with Gasteiger partial charge in [0.25, 0.3) is 0 Å². The average Bonchev–Trinajstić information content (AvgIpc) is 2.58. The lowest BCUT2D eigenvalue weighted by atomic mass is 10.0. The number of pyridine rings is 1. The molecule has 23 heavy (non-hydrogen) atoms. The number of H-pyrrole nitrogens is 1. The summed E-state index contributed by atoms with van der Waals surface area (Å²) in [5.41, 5.74) is -0.239. The molecule has 0 spiro atoms. The van der Waals surface area contributed by atoms with E-state index < -0.39 is 11.2 Å². The van der Waals surface area contributed by atoms with Crippen molar-refractivity contribution in [2.45, 2.75) is 0 Å². The lowest BCUT2D eigenvalue weighted by molar-refractivity contribution is 0.469. The molecule has 0 amide bonds. The number of benzene rings is 2. The molecule has 2 N–H and O–H groups in total. The van der Waals surface area contributed by atoms with Crippen LogP contribution in [0.15, 0.2) is 68.9 Å². The third-order valence-corrected chi connectivity index (χ3v) is 3.87. The molecular weight excluding hydrogens is 294 g/mol. The summed E-state index contributed by atoms with van der Waals surface area (Å²) in [5.74, 6) is -0.501. The summed E-state index contributed by atoms with van der Waals surface area (Å²) < 4.78 is 5.55. The number of fused-ring (bicyclic) bond motifs is 3. The zero-order valence-electron chi connectivity index (χ0n) is 11.9. The molecule has 2 aromatic carbocycles. The molecule has 2 heterocycles. The minimum atomic E-state index is -0.559. The molecule has 4 aromatic rings. The molecule has 0 radical (unpaired) electrons. The topological polar surface area (TPSA) is 83.3 Å². The number of aromatic nitrogens is 1. The first-order valence-electron chi connectivity index (χ1n) is 7.01. The second-order valence-corrected chi connectivity index (χ2v) is 5.20. The van der Waals surface area contributed by atoms with Gasteiger partial charge in [0, 0.05) is 12.3 Å². The Morgan fingerprint density at radius 1 is 1.00 bits per heavy atom. The van der Waals surface area contributed by atoms with E-state index in [4.69, 9.17) is 4.42 Å². The van der Waals surface area contributed by atoms with Gasteiger partial charge in [0.15, 0.2) is 5.75 Å². The SMILES string of the molecule is O=c1cc[nH]c(-c2coc3ccc4ccccc4c3c2=O)c1O. The van der Waals surface area contributed by atoms with Gasteiger partial charge in [-0.1, -0.05) is 30.3 Å². The molecule has 4 rings (SSSR count). The van der Waals surface area contributed by atoms with Crippen molar-refractivity contribution in [3.05, 3.63) is 75.4 Å². The molecule has 5 nitrogen and oxygen atoms in total. The van der Waals surface area contributed by atoms with Gasteiger partial charge in [-0.25, -0.2) is 0 Å². The molecule has 0 fully saturated rings. The quantitative estimate of drug-likeness (QED) is 0.529. The first-order chi connectivity index (χ1) is 11.2. The van der Waals surface area contributed by atoms with Crippen LogP contribution in [0.3, 0.4) is 0 Å². The van der Waals surface area contributed by atoms with E-state index in [0.29, 0.717) is 11.0 Å². The van der Waals surface area contributed by atoms with Crippen LogP contribution >= 0.6 is 0 Å². The van der Waals surface area contributed by atoms with E-state index in [1.54, 1.807) is 6.07 Å². The minimum absolute atomic E-state index is 0.0566. The Bertz CT molecular complexity index is 1170. The van der Waals surface area contributed by atoms with Crippen molar-refractivity contribution in [3.63, 3.8) is 0 Å². The largest absolute Gasteiger partial charge is 0.503 e. The molecule has 0 aliphatic heterocycles. The van der Waals surface area contributed by atoms with Gasteiger partial charge < -0.3 is 14.5 Å².